The van der Waals surface area contributed by atoms with E-state index in [1.807, 2.05) is 22.6 Å². The molecule has 0 radical (unpaired) electrons. The molecule has 0 spiro atoms. The maximum absolute atomic E-state index is 10.4. The molecule has 0 aromatic carbocycles. The molecule has 0 saturated heterocycles. The van der Waals surface area contributed by atoms with Crippen molar-refractivity contribution >= 4 is 28.4 Å². The second-order valence-corrected chi connectivity index (χ2v) is 3.18. The molecule has 6 heteroatoms. The minimum Gasteiger partial charge on any atom is -0.358 e. The van der Waals surface area contributed by atoms with Crippen molar-refractivity contribution in [2.24, 2.45) is 7.05 Å². The molecule has 0 N–H and O–H groups in total. The topological polar surface area (TPSA) is 61.0 Å². The highest BCUT2D eigenvalue weighted by molar-refractivity contribution is 14.1. The van der Waals surface area contributed by atoms with Crippen molar-refractivity contribution < 1.29 is 4.92 Å². The van der Waals surface area contributed by atoms with E-state index >= 15 is 0 Å². The summed E-state index contributed by atoms with van der Waals surface area (Å²) in [6, 6.07) is 0. The predicted molar refractivity (Wildman–Crippen MR) is 47.3 cm³/mol. The van der Waals surface area contributed by atoms with Gasteiger partial charge >= 0.3 is 5.82 Å². The minimum atomic E-state index is -0.429. The number of aromatic nitrogens is 2. The van der Waals surface area contributed by atoms with E-state index in [0.717, 1.165) is 0 Å². The first-order chi connectivity index (χ1) is 5.04. The number of hydrogen-bond acceptors (Lipinski definition) is 3. The normalized spacial score (nSPS) is 10.1. The first-order valence-electron chi connectivity index (χ1n) is 2.87. The van der Waals surface area contributed by atoms with E-state index in [1.165, 1.54) is 4.68 Å². The van der Waals surface area contributed by atoms with E-state index in [2.05, 4.69) is 5.10 Å². The summed E-state index contributed by atoms with van der Waals surface area (Å²) in [4.78, 5) is 9.97. The van der Waals surface area contributed by atoms with Gasteiger partial charge in [0.1, 0.15) is 16.3 Å². The zero-order valence-electron chi connectivity index (χ0n) is 6.04. The lowest BCUT2D eigenvalue weighted by Gasteiger charge is -1.91. The van der Waals surface area contributed by atoms with Crippen molar-refractivity contribution in [2.45, 2.75) is 6.92 Å². The number of rotatable bonds is 1. The van der Waals surface area contributed by atoms with Crippen molar-refractivity contribution in [2.75, 3.05) is 0 Å². The maximum atomic E-state index is 10.4. The summed E-state index contributed by atoms with van der Waals surface area (Å²) in [6.45, 7) is 1.74. The standard InChI is InChI=1S/C5H6IN3O2/c1-3-4(6)5(9(10)11)8(2)7-3/h1-2H3. The summed E-state index contributed by atoms with van der Waals surface area (Å²) in [5.41, 5.74) is 0.694. The lowest BCUT2D eigenvalue weighted by atomic mass is 10.5. The molecular weight excluding hydrogens is 261 g/mol. The summed E-state index contributed by atoms with van der Waals surface area (Å²) in [6.07, 6.45) is 0. The van der Waals surface area contributed by atoms with E-state index in [4.69, 9.17) is 0 Å². The van der Waals surface area contributed by atoms with Crippen molar-refractivity contribution in [3.63, 3.8) is 0 Å². The highest BCUT2D eigenvalue weighted by atomic mass is 127. The van der Waals surface area contributed by atoms with Gasteiger partial charge in [0.15, 0.2) is 0 Å². The second kappa shape index (κ2) is 2.76. The van der Waals surface area contributed by atoms with Crippen LogP contribution in [0.4, 0.5) is 5.82 Å². The summed E-state index contributed by atoms with van der Waals surface area (Å²) in [7, 11) is 1.56. The molecule has 0 unspecified atom stereocenters. The highest BCUT2D eigenvalue weighted by Crippen LogP contribution is 2.22. The van der Waals surface area contributed by atoms with E-state index in [0.29, 0.717) is 9.26 Å². The lowest BCUT2D eigenvalue weighted by Crippen LogP contribution is -1.98. The molecule has 0 aliphatic carbocycles. The van der Waals surface area contributed by atoms with Crippen molar-refractivity contribution in [1.82, 2.24) is 9.78 Å². The first-order valence-corrected chi connectivity index (χ1v) is 3.95. The van der Waals surface area contributed by atoms with Crippen molar-refractivity contribution in [3.8, 4) is 0 Å². The third kappa shape index (κ3) is 1.35. The molecule has 5 nitrogen and oxygen atoms in total. The Morgan fingerprint density at radius 1 is 1.73 bits per heavy atom. The van der Waals surface area contributed by atoms with E-state index in [9.17, 15) is 10.1 Å². The van der Waals surface area contributed by atoms with Gasteiger partial charge in [-0.3, -0.25) is 0 Å². The Morgan fingerprint density at radius 3 is 2.45 bits per heavy atom. The van der Waals surface area contributed by atoms with E-state index in [1.54, 1.807) is 14.0 Å². The molecule has 1 rings (SSSR count). The molecule has 0 amide bonds. The van der Waals surface area contributed by atoms with Crippen LogP contribution in [0.25, 0.3) is 0 Å². The smallest absolute Gasteiger partial charge is 0.358 e. The van der Waals surface area contributed by atoms with Crippen LogP contribution >= 0.6 is 22.6 Å². The Kier molecular flexibility index (Phi) is 2.12. The zero-order chi connectivity index (χ0) is 8.59. The number of aryl methyl sites for hydroxylation is 2. The van der Waals surface area contributed by atoms with Crippen LogP contribution in [-0.4, -0.2) is 14.7 Å². The number of halogens is 1. The molecule has 0 saturated carbocycles. The van der Waals surface area contributed by atoms with Gasteiger partial charge in [0.2, 0.25) is 0 Å². The molecule has 1 heterocycles. The molecule has 1 aromatic heterocycles. The summed E-state index contributed by atoms with van der Waals surface area (Å²) in [5, 5.41) is 14.3. The molecule has 60 valence electrons. The fourth-order valence-corrected chi connectivity index (χ4v) is 1.47. The molecule has 0 bridgehead atoms. The van der Waals surface area contributed by atoms with Crippen LogP contribution in [-0.2, 0) is 7.05 Å². The fourth-order valence-electron chi connectivity index (χ4n) is 0.818. The Bertz CT molecular complexity index is 307. The molecule has 0 atom stereocenters. The molecule has 0 fully saturated rings. The Labute approximate surface area is 76.7 Å². The van der Waals surface area contributed by atoms with Gasteiger partial charge in [0, 0.05) is 0 Å². The van der Waals surface area contributed by atoms with Crippen LogP contribution in [0, 0.1) is 20.6 Å². The van der Waals surface area contributed by atoms with Gasteiger partial charge < -0.3 is 10.1 Å². The Balaban J connectivity index is 3.34. The van der Waals surface area contributed by atoms with Gasteiger partial charge in [-0.05, 0) is 34.4 Å². The Hall–Kier alpha value is -0.660. The number of hydrogen-bond donors (Lipinski definition) is 0. The van der Waals surface area contributed by atoms with Crippen LogP contribution in [0.15, 0.2) is 0 Å². The monoisotopic (exact) mass is 267 g/mol. The van der Waals surface area contributed by atoms with Gasteiger partial charge in [-0.15, -0.1) is 4.68 Å². The second-order valence-electron chi connectivity index (χ2n) is 2.10. The van der Waals surface area contributed by atoms with E-state index in [-0.39, 0.29) is 5.82 Å². The largest absolute Gasteiger partial charge is 0.358 e. The molecule has 0 aliphatic rings. The minimum absolute atomic E-state index is 0.0584. The highest BCUT2D eigenvalue weighted by Gasteiger charge is 2.20. The van der Waals surface area contributed by atoms with Gasteiger partial charge in [-0.1, -0.05) is 5.10 Å². The van der Waals surface area contributed by atoms with Crippen LogP contribution in [0.3, 0.4) is 0 Å². The predicted octanol–water partition coefficient (Wildman–Crippen LogP) is 1.24. The number of nitrogens with zero attached hydrogens (tertiary/aromatic N) is 3. The molecule has 1 aromatic rings. The quantitative estimate of drug-likeness (QED) is 0.437. The zero-order valence-corrected chi connectivity index (χ0v) is 8.19. The molecule has 11 heavy (non-hydrogen) atoms. The van der Waals surface area contributed by atoms with E-state index < -0.39 is 4.92 Å². The summed E-state index contributed by atoms with van der Waals surface area (Å²) >= 11 is 1.92. The van der Waals surface area contributed by atoms with Gasteiger partial charge in [-0.25, -0.2) is 0 Å². The summed E-state index contributed by atoms with van der Waals surface area (Å²) < 4.78 is 1.88. The third-order valence-corrected chi connectivity index (χ3v) is 2.56. The van der Waals surface area contributed by atoms with Crippen molar-refractivity contribution in [1.29, 1.82) is 0 Å². The summed E-state index contributed by atoms with van der Waals surface area (Å²) in [5.74, 6) is 0.0584. The van der Waals surface area contributed by atoms with Crippen LogP contribution in [0.1, 0.15) is 5.69 Å². The fraction of sp³-hybridized carbons (Fsp3) is 0.400. The molecular formula is C5H6IN3O2. The van der Waals surface area contributed by atoms with Crippen molar-refractivity contribution in [3.05, 3.63) is 19.4 Å². The van der Waals surface area contributed by atoms with Gasteiger partial charge in [0.05, 0.1) is 0 Å². The average Bonchev–Trinajstić information content (AvgIpc) is 2.07. The maximum Gasteiger partial charge on any atom is 0.358 e. The average molecular weight is 267 g/mol. The van der Waals surface area contributed by atoms with Gasteiger partial charge in [-0.2, -0.15) is 0 Å². The third-order valence-electron chi connectivity index (χ3n) is 1.29. The SMILES string of the molecule is Cc1nn(C)c([N+](=O)[O-])c1I. The lowest BCUT2D eigenvalue weighted by molar-refractivity contribution is -0.393. The van der Waals surface area contributed by atoms with Crippen LogP contribution in [0.2, 0.25) is 0 Å². The first kappa shape index (κ1) is 8.44. The van der Waals surface area contributed by atoms with Gasteiger partial charge in [0.25, 0.3) is 0 Å². The van der Waals surface area contributed by atoms with Crippen LogP contribution < -0.4 is 0 Å². The number of nitro groups is 1. The molecule has 0 aliphatic heterocycles. The Morgan fingerprint density at radius 2 is 2.27 bits per heavy atom. The van der Waals surface area contributed by atoms with Crippen LogP contribution in [0.5, 0.6) is 0 Å².